The monoisotopic (exact) mass is 703 g/mol. The molecule has 5 rings (SSSR count). The van der Waals surface area contributed by atoms with Gasteiger partial charge in [-0.15, -0.1) is 0 Å². The van der Waals surface area contributed by atoms with Crippen molar-refractivity contribution in [1.82, 2.24) is 9.80 Å². The van der Waals surface area contributed by atoms with Crippen LogP contribution in [0.4, 0.5) is 11.4 Å². The summed E-state index contributed by atoms with van der Waals surface area (Å²) in [7, 11) is 7.68. The number of primary amides is 1. The molecule has 2 amide bonds. The highest BCUT2D eigenvalue weighted by Gasteiger charge is 2.63. The first-order valence-corrected chi connectivity index (χ1v) is 16.4. The summed E-state index contributed by atoms with van der Waals surface area (Å²) in [6.45, 7) is 1.22. The third-order valence-corrected chi connectivity index (χ3v) is 10.6. The summed E-state index contributed by atoms with van der Waals surface area (Å²) in [6.07, 6.45) is 1.72. The second-order valence-electron chi connectivity index (χ2n) is 13.5. The Balaban J connectivity index is 1.63. The molecule has 0 radical (unpaired) electrons. The molecule has 3 unspecified atom stereocenters. The van der Waals surface area contributed by atoms with Gasteiger partial charge < -0.3 is 41.1 Å². The number of ketones is 2. The maximum Gasteiger partial charge on any atom is 0.305 e. The minimum Gasteiger partial charge on any atom is -0.510 e. The minimum atomic E-state index is -2.80. The number of hydrogen-bond donors (Lipinski definition) is 6. The molecule has 1 aromatic rings. The van der Waals surface area contributed by atoms with Gasteiger partial charge in [-0.25, -0.2) is 0 Å². The number of likely N-dealkylation sites (tertiary alicyclic amines) is 1. The van der Waals surface area contributed by atoms with E-state index in [4.69, 9.17) is 22.1 Å². The SMILES string of the molecule is COC(=O)CCC(C(=O)Nc1c(O)c2c(c(N(C)C)c1Cl)CC1CC3[C@H](N(C)C)C(O)=C(C(N)=O)C(=O)[C@]3(O)C(O)=C1C2=O)N1CCCC1. The van der Waals surface area contributed by atoms with Crippen LogP contribution in [-0.2, 0) is 30.3 Å². The van der Waals surface area contributed by atoms with Gasteiger partial charge in [0, 0.05) is 32.0 Å². The minimum absolute atomic E-state index is 0.0130. The number of phenols is 1. The number of phenolic OH excluding ortho intramolecular Hbond substituents is 1. The van der Waals surface area contributed by atoms with Crippen LogP contribution in [0.25, 0.3) is 0 Å². The highest BCUT2D eigenvalue weighted by Crippen LogP contribution is 2.55. The molecule has 1 heterocycles. The molecule has 16 heteroatoms. The van der Waals surface area contributed by atoms with Gasteiger partial charge in [0.1, 0.15) is 22.8 Å². The number of carbonyl (C=O) groups excluding carboxylic acids is 5. The lowest BCUT2D eigenvalue weighted by Gasteiger charge is -2.50. The van der Waals surface area contributed by atoms with Crippen LogP contribution >= 0.6 is 11.6 Å². The molecule has 266 valence electrons. The van der Waals surface area contributed by atoms with Crippen molar-refractivity contribution in [3.8, 4) is 5.75 Å². The number of nitrogens with zero attached hydrogens (tertiary/aromatic N) is 3. The normalized spacial score (nSPS) is 25.9. The second-order valence-corrected chi connectivity index (χ2v) is 13.8. The van der Waals surface area contributed by atoms with Crippen LogP contribution in [0.2, 0.25) is 5.02 Å². The standard InChI is InChI=1S/C33H42ClN5O10/c1-37(2)24-15-12-14-13-16-25(38(3)4)28(43)21(31(35)46)30(45)33(16,48)29(44)19(14)26(41)20(15)27(42)23(22(24)34)36-32(47)17(8-9-18(40)49-5)39-10-6-7-11-39/h14,16-17,25,42-44,48H,6-13H2,1-5H3,(H2,35,46)(H,36,47)/t14?,16?,17?,25-,33+/m0/s1. The van der Waals surface area contributed by atoms with Crippen molar-refractivity contribution in [2.75, 3.05) is 58.6 Å². The number of nitrogens with one attached hydrogen (secondary N) is 1. The lowest BCUT2D eigenvalue weighted by atomic mass is 9.58. The van der Waals surface area contributed by atoms with Crippen molar-refractivity contribution in [3.05, 3.63) is 38.8 Å². The van der Waals surface area contributed by atoms with E-state index in [2.05, 4.69) is 5.32 Å². The lowest BCUT2D eigenvalue weighted by Crippen LogP contribution is -2.63. The molecule has 49 heavy (non-hydrogen) atoms. The summed E-state index contributed by atoms with van der Waals surface area (Å²) in [5.41, 5.74) is 1.44. The zero-order chi connectivity index (χ0) is 36.3. The Morgan fingerprint density at radius 3 is 2.31 bits per heavy atom. The van der Waals surface area contributed by atoms with E-state index in [9.17, 15) is 44.4 Å². The zero-order valence-electron chi connectivity index (χ0n) is 28.0. The molecule has 5 atom stereocenters. The number of halogens is 1. The van der Waals surface area contributed by atoms with Gasteiger partial charge in [0.15, 0.2) is 17.1 Å². The molecule has 1 fully saturated rings. The number of Topliss-reactive ketones (excluding diaryl/α,β-unsaturated/α-hetero) is 2. The van der Waals surface area contributed by atoms with E-state index in [0.29, 0.717) is 24.3 Å². The number of nitrogens with two attached hydrogens (primary N) is 1. The number of benzene rings is 1. The number of aromatic hydroxyl groups is 1. The number of aliphatic hydroxyl groups is 3. The molecule has 0 spiro atoms. The van der Waals surface area contributed by atoms with Gasteiger partial charge in [0.2, 0.25) is 11.7 Å². The molecule has 15 nitrogen and oxygen atoms in total. The van der Waals surface area contributed by atoms with Gasteiger partial charge in [0.25, 0.3) is 5.91 Å². The van der Waals surface area contributed by atoms with Gasteiger partial charge in [-0.1, -0.05) is 11.6 Å². The first-order valence-electron chi connectivity index (χ1n) is 16.0. The second kappa shape index (κ2) is 13.3. The predicted octanol–water partition coefficient (Wildman–Crippen LogP) is 1.20. The van der Waals surface area contributed by atoms with Crippen LogP contribution in [0.1, 0.15) is 48.0 Å². The number of amides is 2. The topological polar surface area (TPSA) is 223 Å². The summed E-state index contributed by atoms with van der Waals surface area (Å²) in [4.78, 5) is 71.0. The number of ether oxygens (including phenoxy) is 1. The number of carbonyl (C=O) groups is 5. The lowest BCUT2D eigenvalue weighted by molar-refractivity contribution is -0.148. The molecular weight excluding hydrogens is 662 g/mol. The van der Waals surface area contributed by atoms with Crippen LogP contribution in [-0.4, -0.2) is 126 Å². The summed E-state index contributed by atoms with van der Waals surface area (Å²) >= 11 is 6.89. The van der Waals surface area contributed by atoms with Crippen molar-refractivity contribution in [2.24, 2.45) is 17.6 Å². The average molecular weight is 704 g/mol. The summed E-state index contributed by atoms with van der Waals surface area (Å²) in [5.74, 6) is -8.98. The smallest absolute Gasteiger partial charge is 0.305 e. The van der Waals surface area contributed by atoms with E-state index in [1.165, 1.54) is 12.0 Å². The van der Waals surface area contributed by atoms with Gasteiger partial charge in [0.05, 0.1) is 35.5 Å². The Morgan fingerprint density at radius 2 is 1.76 bits per heavy atom. The Labute approximate surface area is 287 Å². The fourth-order valence-corrected chi connectivity index (χ4v) is 8.43. The number of rotatable bonds is 9. The summed E-state index contributed by atoms with van der Waals surface area (Å²) < 4.78 is 4.76. The van der Waals surface area contributed by atoms with Gasteiger partial charge in [-0.05, 0) is 70.8 Å². The number of fused-ring (bicyclic) bond motifs is 3. The van der Waals surface area contributed by atoms with E-state index < -0.39 is 81.7 Å². The molecule has 7 N–H and O–H groups in total. The van der Waals surface area contributed by atoms with Crippen LogP contribution in [0.3, 0.4) is 0 Å². The first kappa shape index (κ1) is 36.1. The van der Waals surface area contributed by atoms with E-state index >= 15 is 0 Å². The van der Waals surface area contributed by atoms with Gasteiger partial charge in [-0.2, -0.15) is 0 Å². The fourth-order valence-electron chi connectivity index (χ4n) is 8.01. The summed E-state index contributed by atoms with van der Waals surface area (Å²) in [5, 5.41) is 48.8. The molecule has 1 saturated heterocycles. The number of anilines is 2. The number of allylic oxidation sites excluding steroid dienone is 1. The predicted molar refractivity (Wildman–Crippen MR) is 177 cm³/mol. The molecule has 1 aliphatic heterocycles. The third kappa shape index (κ3) is 5.71. The zero-order valence-corrected chi connectivity index (χ0v) is 28.8. The summed E-state index contributed by atoms with van der Waals surface area (Å²) in [6, 6.07) is -1.91. The van der Waals surface area contributed by atoms with E-state index in [0.717, 1.165) is 12.8 Å². The van der Waals surface area contributed by atoms with Crippen LogP contribution in [0.15, 0.2) is 22.7 Å². The Morgan fingerprint density at radius 1 is 1.12 bits per heavy atom. The maximum absolute atomic E-state index is 14.4. The number of likely N-dealkylation sites (N-methyl/N-ethyl adjacent to an activating group) is 1. The number of esters is 1. The number of methoxy groups -OCH3 is 1. The first-order chi connectivity index (χ1) is 23.0. The van der Waals surface area contributed by atoms with E-state index in [-0.39, 0.29) is 47.5 Å². The van der Waals surface area contributed by atoms with Crippen LogP contribution in [0.5, 0.6) is 5.75 Å². The van der Waals surface area contributed by atoms with E-state index in [1.54, 1.807) is 33.1 Å². The average Bonchev–Trinajstić information content (AvgIpc) is 3.55. The maximum atomic E-state index is 14.4. The Bertz CT molecular complexity index is 1700. The van der Waals surface area contributed by atoms with Gasteiger partial charge >= 0.3 is 5.97 Å². The highest BCUT2D eigenvalue weighted by molar-refractivity contribution is 6.38. The molecular formula is C33H42ClN5O10. The third-order valence-electron chi connectivity index (χ3n) is 10.2. The largest absolute Gasteiger partial charge is 0.510 e. The van der Waals surface area contributed by atoms with Crippen molar-refractivity contribution in [3.63, 3.8) is 0 Å². The quantitative estimate of drug-likeness (QED) is 0.121. The van der Waals surface area contributed by atoms with Crippen molar-refractivity contribution >= 4 is 52.3 Å². The molecule has 0 bridgehead atoms. The Hall–Kier alpha value is -4.18. The molecule has 0 saturated carbocycles. The van der Waals surface area contributed by atoms with Crippen molar-refractivity contribution in [1.29, 1.82) is 0 Å². The van der Waals surface area contributed by atoms with Gasteiger partial charge in [-0.3, -0.25) is 33.8 Å². The Kier molecular flexibility index (Phi) is 9.78. The molecule has 1 aromatic carbocycles. The van der Waals surface area contributed by atoms with Crippen molar-refractivity contribution < 1.29 is 49.1 Å². The molecule has 4 aliphatic rings. The van der Waals surface area contributed by atoms with E-state index in [1.807, 2.05) is 4.90 Å². The van der Waals surface area contributed by atoms with Crippen LogP contribution < -0.4 is 16.0 Å². The number of aliphatic hydroxyl groups excluding tert-OH is 2. The molecule has 0 aromatic heterocycles. The molecule has 3 aliphatic carbocycles. The fraction of sp³-hybridized carbons (Fsp3) is 0.545. The van der Waals surface area contributed by atoms with Crippen LogP contribution in [0, 0.1) is 11.8 Å². The highest BCUT2D eigenvalue weighted by atomic mass is 35.5. The number of hydrogen-bond acceptors (Lipinski definition) is 13. The van der Waals surface area contributed by atoms with Crippen molar-refractivity contribution in [2.45, 2.75) is 56.2 Å².